The minimum Gasteiger partial charge on any atom is -0.131 e. The highest BCUT2D eigenvalue weighted by Gasteiger charge is 2.24. The van der Waals surface area contributed by atoms with Crippen LogP contribution in [0.1, 0.15) is 85.0 Å². The van der Waals surface area contributed by atoms with Gasteiger partial charge < -0.3 is 0 Å². The maximum Gasteiger partial charge on any atom is 0.341 e. The molecular weight excluding hydrogens is 391 g/mol. The molecule has 0 unspecified atom stereocenters. The van der Waals surface area contributed by atoms with Crippen LogP contribution in [0.5, 0.6) is 0 Å². The van der Waals surface area contributed by atoms with E-state index in [1.54, 1.807) is 0 Å². The minimum absolute atomic E-state index is 0.816. The van der Waals surface area contributed by atoms with Crippen molar-refractivity contribution < 1.29 is 0 Å². The Morgan fingerprint density at radius 2 is 1.04 bits per heavy atom. The van der Waals surface area contributed by atoms with Gasteiger partial charge in [0.2, 0.25) is 0 Å². The Bertz CT molecular complexity index is 344. The smallest absolute Gasteiger partial charge is 0.131 e. The van der Waals surface area contributed by atoms with Crippen molar-refractivity contribution in [3.8, 4) is 11.5 Å². The normalized spacial score (nSPS) is 12.1. The average Bonchev–Trinajstić information content (AvgIpc) is 2.55. The van der Waals surface area contributed by atoms with Crippen molar-refractivity contribution in [1.82, 2.24) is 0 Å². The van der Waals surface area contributed by atoms with Crippen LogP contribution in [0, 0.1) is 11.5 Å². The summed E-state index contributed by atoms with van der Waals surface area (Å²) in [5, 5.41) is 0. The van der Waals surface area contributed by atoms with Gasteiger partial charge in [-0.25, -0.2) is 0 Å². The van der Waals surface area contributed by atoms with Crippen molar-refractivity contribution in [3.05, 3.63) is 0 Å². The van der Waals surface area contributed by atoms with Gasteiger partial charge in [-0.2, -0.15) is 0 Å². The first-order chi connectivity index (χ1) is 11.4. The third kappa shape index (κ3) is 14.1. The minimum atomic E-state index is -2.37. The van der Waals surface area contributed by atoms with Gasteiger partial charge in [-0.3, -0.25) is 0 Å². The molecule has 0 aliphatic heterocycles. The van der Waals surface area contributed by atoms with Gasteiger partial charge in [-0.15, -0.1) is 44.7 Å². The molecule has 0 aromatic carbocycles. The molecule has 0 bridgehead atoms. The summed E-state index contributed by atoms with van der Waals surface area (Å²) in [5.41, 5.74) is 3.69. The highest BCUT2D eigenvalue weighted by molar-refractivity contribution is 7.64. The third-order valence-electron chi connectivity index (χ3n) is 5.15. The molecule has 0 aromatic heterocycles. The van der Waals surface area contributed by atoms with E-state index < -0.39 is 14.1 Å². The van der Waals surface area contributed by atoms with Gasteiger partial charge in [0.05, 0.1) is 0 Å². The molecule has 5 heteroatoms. The number of rotatable bonds is 14. The third-order valence-corrected chi connectivity index (χ3v) is 12.5. The molecule has 0 heterocycles. The van der Waals surface area contributed by atoms with E-state index in [1.807, 2.05) is 0 Å². The molecule has 0 amide bonds. The molecule has 0 aromatic rings. The molecule has 0 saturated carbocycles. The zero-order valence-corrected chi connectivity index (χ0v) is 20.3. The van der Waals surface area contributed by atoms with Crippen LogP contribution >= 0.6 is 33.2 Å². The van der Waals surface area contributed by atoms with Gasteiger partial charge in [-0.05, 0) is 30.6 Å². The predicted molar refractivity (Wildman–Crippen MR) is 119 cm³/mol. The molecule has 0 N–H and O–H groups in total. The summed E-state index contributed by atoms with van der Waals surface area (Å²) in [6, 6.07) is 2.40. The van der Waals surface area contributed by atoms with E-state index in [9.17, 15) is 0 Å². The molecule has 0 rings (SSSR count). The van der Waals surface area contributed by atoms with E-state index >= 15 is 0 Å². The van der Waals surface area contributed by atoms with Crippen LogP contribution in [0.3, 0.4) is 0 Å². The predicted octanol–water partition coefficient (Wildman–Crippen LogP) is 8.59. The van der Waals surface area contributed by atoms with Gasteiger partial charge in [0, 0.05) is 6.42 Å². The van der Waals surface area contributed by atoms with Crippen molar-refractivity contribution in [2.45, 2.75) is 109 Å². The van der Waals surface area contributed by atoms with Crippen LogP contribution in [0.2, 0.25) is 24.2 Å². The first kappa shape index (κ1) is 24.9. The van der Waals surface area contributed by atoms with E-state index in [-0.39, 0.29) is 0 Å². The number of hydrogen-bond donors (Lipinski definition) is 0. The quantitative estimate of drug-likeness (QED) is 0.113. The Morgan fingerprint density at radius 3 is 1.46 bits per heavy atom. The van der Waals surface area contributed by atoms with Crippen molar-refractivity contribution in [1.29, 1.82) is 0 Å². The summed E-state index contributed by atoms with van der Waals surface area (Å²) in [6.45, 7) is 6.98. The monoisotopic (exact) mass is 426 g/mol. The lowest BCUT2D eigenvalue weighted by molar-refractivity contribution is 0.567. The molecule has 0 spiro atoms. The van der Waals surface area contributed by atoms with Crippen LogP contribution in [-0.2, 0) is 0 Å². The molecule has 0 aliphatic carbocycles. The molecule has 0 fully saturated rings. The summed E-state index contributed by atoms with van der Waals surface area (Å²) in [6.07, 6.45) is 12.7. The maximum atomic E-state index is 5.88. The summed E-state index contributed by atoms with van der Waals surface area (Å²) in [4.78, 5) is 0. The first-order valence-electron chi connectivity index (χ1n) is 9.96. The zero-order chi connectivity index (χ0) is 18.3. The highest BCUT2D eigenvalue weighted by atomic mass is 35.8. The molecule has 142 valence electrons. The van der Waals surface area contributed by atoms with E-state index in [1.165, 1.54) is 69.5 Å². The number of halogens is 3. The zero-order valence-electron chi connectivity index (χ0n) is 16.0. The molecular formula is C19H37Cl3Si2. The second-order valence-electron chi connectivity index (χ2n) is 6.94. The average molecular weight is 428 g/mol. The Balaban J connectivity index is 3.47. The van der Waals surface area contributed by atoms with Gasteiger partial charge >= 0.3 is 6.00 Å². The van der Waals surface area contributed by atoms with E-state index in [4.69, 9.17) is 33.2 Å². The second-order valence-corrected chi connectivity index (χ2v) is 21.2. The van der Waals surface area contributed by atoms with Crippen LogP contribution in [-0.4, -0.2) is 14.1 Å². The Labute approximate surface area is 167 Å². The topological polar surface area (TPSA) is 0 Å². The summed E-state index contributed by atoms with van der Waals surface area (Å²) in [5.74, 6) is 3.50. The molecule has 24 heavy (non-hydrogen) atoms. The lowest BCUT2D eigenvalue weighted by Crippen LogP contribution is -2.29. The molecule has 0 radical (unpaired) electrons. The number of hydrogen-bond acceptors (Lipinski definition) is 0. The fourth-order valence-electron chi connectivity index (χ4n) is 3.04. The van der Waals surface area contributed by atoms with Gasteiger partial charge in [0.15, 0.2) is 0 Å². The van der Waals surface area contributed by atoms with Gasteiger partial charge in [-0.1, -0.05) is 72.1 Å². The van der Waals surface area contributed by atoms with Crippen molar-refractivity contribution in [2.75, 3.05) is 0 Å². The van der Waals surface area contributed by atoms with E-state index in [2.05, 4.69) is 32.2 Å². The van der Waals surface area contributed by atoms with Crippen molar-refractivity contribution in [2.24, 2.45) is 0 Å². The molecule has 0 atom stereocenters. The van der Waals surface area contributed by atoms with Crippen LogP contribution in [0.4, 0.5) is 0 Å². The summed E-state index contributed by atoms with van der Waals surface area (Å²) in [7, 11) is -1.21. The Hall–Kier alpha value is 0.864. The molecule has 0 nitrogen and oxygen atoms in total. The first-order valence-corrected chi connectivity index (χ1v) is 17.8. The van der Waals surface area contributed by atoms with E-state index in [0.717, 1.165) is 18.9 Å². The standard InChI is InChI=1S/C19H37Cl3Si2/c1-4-23(5-2,6-3)18-16-14-12-10-8-7-9-11-13-15-17-19-24(20,21)22/h4-15,17,19H2,1-3H3. The summed E-state index contributed by atoms with van der Waals surface area (Å²) < 4.78 is 0. The van der Waals surface area contributed by atoms with E-state index in [0.29, 0.717) is 0 Å². The fraction of sp³-hybridized carbons (Fsp3) is 0.895. The molecule has 0 saturated heterocycles. The van der Waals surface area contributed by atoms with Gasteiger partial charge in [0.1, 0.15) is 8.07 Å². The van der Waals surface area contributed by atoms with Crippen molar-refractivity contribution in [3.63, 3.8) is 0 Å². The summed E-state index contributed by atoms with van der Waals surface area (Å²) >= 11 is 17.6. The fourth-order valence-corrected chi connectivity index (χ4v) is 7.43. The van der Waals surface area contributed by atoms with Crippen LogP contribution in [0.15, 0.2) is 0 Å². The second kappa shape index (κ2) is 15.0. The Morgan fingerprint density at radius 1 is 0.625 bits per heavy atom. The van der Waals surface area contributed by atoms with Crippen LogP contribution in [0.25, 0.3) is 0 Å². The lowest BCUT2D eigenvalue weighted by atomic mass is 10.1. The SMILES string of the molecule is CC[Si](C#CCCCCCCCCCCC[Si](Cl)(Cl)Cl)(CC)CC. The maximum absolute atomic E-state index is 5.88. The number of unbranched alkanes of at least 4 members (excludes halogenated alkanes) is 9. The Kier molecular flexibility index (Phi) is 15.5. The van der Waals surface area contributed by atoms with Crippen molar-refractivity contribution >= 4 is 47.3 Å². The van der Waals surface area contributed by atoms with Gasteiger partial charge in [0.25, 0.3) is 0 Å². The largest absolute Gasteiger partial charge is 0.341 e. The highest BCUT2D eigenvalue weighted by Crippen LogP contribution is 2.27. The lowest BCUT2D eigenvalue weighted by Gasteiger charge is -2.20. The van der Waals surface area contributed by atoms with Crippen LogP contribution < -0.4 is 0 Å². The molecule has 0 aliphatic rings.